The van der Waals surface area contributed by atoms with E-state index in [-0.39, 0.29) is 5.91 Å². The molecule has 0 aliphatic carbocycles. The first-order chi connectivity index (χ1) is 8.58. The molecule has 0 aromatic heterocycles. The summed E-state index contributed by atoms with van der Waals surface area (Å²) in [5.74, 6) is 0.507. The van der Waals surface area contributed by atoms with Crippen molar-refractivity contribution in [1.82, 2.24) is 5.32 Å². The smallest absolute Gasteiger partial charge is 0.220 e. The second kappa shape index (κ2) is 7.24. The molecule has 0 saturated heterocycles. The highest BCUT2D eigenvalue weighted by Gasteiger charge is 2.12. The molecule has 0 saturated carbocycles. The third kappa shape index (κ3) is 4.20. The number of rotatable bonds is 6. The minimum atomic E-state index is -0.698. The first-order valence-corrected chi connectivity index (χ1v) is 6.24. The number of halogens is 1. The molecular weight excluding hydrogens is 254 g/mol. The zero-order valence-corrected chi connectivity index (χ0v) is 11.3. The van der Waals surface area contributed by atoms with Gasteiger partial charge in [-0.3, -0.25) is 4.79 Å². The van der Waals surface area contributed by atoms with E-state index < -0.39 is 6.10 Å². The van der Waals surface area contributed by atoms with E-state index in [1.165, 1.54) is 7.11 Å². The fourth-order valence-electron chi connectivity index (χ4n) is 1.61. The van der Waals surface area contributed by atoms with Crippen LogP contribution in [0.5, 0.6) is 5.75 Å². The van der Waals surface area contributed by atoms with E-state index in [9.17, 15) is 9.90 Å². The summed E-state index contributed by atoms with van der Waals surface area (Å²) in [7, 11) is 1.53. The first-order valence-electron chi connectivity index (χ1n) is 5.86. The van der Waals surface area contributed by atoms with Crippen LogP contribution in [0.1, 0.15) is 31.4 Å². The van der Waals surface area contributed by atoms with Crippen molar-refractivity contribution in [2.45, 2.75) is 25.9 Å². The highest BCUT2D eigenvalue weighted by molar-refractivity contribution is 6.32. The van der Waals surface area contributed by atoms with Crippen molar-refractivity contribution in [3.05, 3.63) is 28.8 Å². The molecule has 5 heteroatoms. The van der Waals surface area contributed by atoms with Gasteiger partial charge in [-0.2, -0.15) is 0 Å². The molecule has 1 amide bonds. The molecule has 0 spiro atoms. The lowest BCUT2D eigenvalue weighted by atomic mass is 10.0. The average Bonchev–Trinajstić information content (AvgIpc) is 2.36. The minimum absolute atomic E-state index is 0.0591. The number of benzene rings is 1. The number of hydrogen-bond donors (Lipinski definition) is 2. The van der Waals surface area contributed by atoms with Gasteiger partial charge in [0, 0.05) is 13.0 Å². The Hall–Kier alpha value is -1.26. The molecule has 2 N–H and O–H groups in total. The third-order valence-corrected chi connectivity index (χ3v) is 2.87. The van der Waals surface area contributed by atoms with E-state index in [1.807, 2.05) is 6.92 Å². The summed E-state index contributed by atoms with van der Waals surface area (Å²) in [6.07, 6.45) is -0.0383. The van der Waals surface area contributed by atoms with E-state index in [2.05, 4.69) is 5.32 Å². The van der Waals surface area contributed by atoms with Gasteiger partial charge < -0.3 is 15.2 Å². The number of hydrogen-bond acceptors (Lipinski definition) is 3. The van der Waals surface area contributed by atoms with Gasteiger partial charge in [0.15, 0.2) is 0 Å². The molecule has 0 heterocycles. The molecule has 0 aliphatic rings. The van der Waals surface area contributed by atoms with Crippen LogP contribution in [0, 0.1) is 0 Å². The Kier molecular flexibility index (Phi) is 5.95. The molecule has 1 atom stereocenters. The maximum Gasteiger partial charge on any atom is 0.220 e. The maximum absolute atomic E-state index is 11.3. The fourth-order valence-corrected chi connectivity index (χ4v) is 1.88. The normalized spacial score (nSPS) is 12.0. The monoisotopic (exact) mass is 271 g/mol. The Morgan fingerprint density at radius 3 is 2.83 bits per heavy atom. The van der Waals surface area contributed by atoms with Crippen LogP contribution in [-0.4, -0.2) is 24.7 Å². The molecule has 4 nitrogen and oxygen atoms in total. The van der Waals surface area contributed by atoms with Crippen LogP contribution >= 0.6 is 11.6 Å². The van der Waals surface area contributed by atoms with Gasteiger partial charge in [-0.15, -0.1) is 0 Å². The number of aliphatic hydroxyl groups excluding tert-OH is 1. The SMILES string of the molecule is CCNC(=O)CCC(O)c1ccc(OC)c(Cl)c1. The molecule has 0 fully saturated rings. The molecular formula is C13H18ClNO3. The van der Waals surface area contributed by atoms with E-state index in [4.69, 9.17) is 16.3 Å². The van der Waals surface area contributed by atoms with Gasteiger partial charge >= 0.3 is 0 Å². The minimum Gasteiger partial charge on any atom is -0.495 e. The summed E-state index contributed by atoms with van der Waals surface area (Å²) in [6.45, 7) is 2.46. The third-order valence-electron chi connectivity index (χ3n) is 2.58. The number of carbonyl (C=O) groups is 1. The van der Waals surface area contributed by atoms with Crippen LogP contribution in [-0.2, 0) is 4.79 Å². The molecule has 0 aliphatic heterocycles. The summed E-state index contributed by atoms with van der Waals surface area (Å²) in [4.78, 5) is 11.3. The average molecular weight is 272 g/mol. The van der Waals surface area contributed by atoms with E-state index >= 15 is 0 Å². The lowest BCUT2D eigenvalue weighted by molar-refractivity contribution is -0.121. The van der Waals surface area contributed by atoms with Crippen molar-refractivity contribution in [2.75, 3.05) is 13.7 Å². The van der Waals surface area contributed by atoms with Crippen molar-refractivity contribution >= 4 is 17.5 Å². The van der Waals surface area contributed by atoms with Gasteiger partial charge in [0.25, 0.3) is 0 Å². The number of amides is 1. The molecule has 100 valence electrons. The molecule has 0 radical (unpaired) electrons. The Bertz CT molecular complexity index is 409. The van der Waals surface area contributed by atoms with Crippen molar-refractivity contribution in [3.63, 3.8) is 0 Å². The largest absolute Gasteiger partial charge is 0.495 e. The van der Waals surface area contributed by atoms with E-state index in [0.29, 0.717) is 35.7 Å². The van der Waals surface area contributed by atoms with Crippen LogP contribution in [0.4, 0.5) is 0 Å². The quantitative estimate of drug-likeness (QED) is 0.835. The van der Waals surface area contributed by atoms with Gasteiger partial charge in [0.05, 0.1) is 18.2 Å². The fraction of sp³-hybridized carbons (Fsp3) is 0.462. The van der Waals surface area contributed by atoms with Crippen LogP contribution in [0.15, 0.2) is 18.2 Å². The predicted molar refractivity (Wildman–Crippen MR) is 70.9 cm³/mol. The van der Waals surface area contributed by atoms with Gasteiger partial charge in [-0.05, 0) is 31.0 Å². The zero-order valence-electron chi connectivity index (χ0n) is 10.6. The Balaban J connectivity index is 2.58. The summed E-state index contributed by atoms with van der Waals surface area (Å²) < 4.78 is 5.03. The topological polar surface area (TPSA) is 58.6 Å². The van der Waals surface area contributed by atoms with Crippen molar-refractivity contribution in [3.8, 4) is 5.75 Å². The predicted octanol–water partition coefficient (Wildman–Crippen LogP) is 2.30. The molecule has 0 bridgehead atoms. The molecule has 1 rings (SSSR count). The molecule has 1 aromatic carbocycles. The Morgan fingerprint density at radius 2 is 2.28 bits per heavy atom. The summed E-state index contributed by atoms with van der Waals surface area (Å²) in [5, 5.41) is 13.1. The number of ether oxygens (including phenoxy) is 1. The highest BCUT2D eigenvalue weighted by Crippen LogP contribution is 2.28. The van der Waals surface area contributed by atoms with Gasteiger partial charge in [-0.1, -0.05) is 17.7 Å². The lowest BCUT2D eigenvalue weighted by Gasteiger charge is -2.12. The second-order valence-electron chi connectivity index (χ2n) is 3.90. The molecule has 18 heavy (non-hydrogen) atoms. The van der Waals surface area contributed by atoms with Gasteiger partial charge in [0.2, 0.25) is 5.91 Å². The number of carbonyl (C=O) groups excluding carboxylic acids is 1. The highest BCUT2D eigenvalue weighted by atomic mass is 35.5. The van der Waals surface area contributed by atoms with Crippen LogP contribution < -0.4 is 10.1 Å². The van der Waals surface area contributed by atoms with Crippen LogP contribution in [0.2, 0.25) is 5.02 Å². The van der Waals surface area contributed by atoms with E-state index in [0.717, 1.165) is 0 Å². The Labute approximate surface area is 112 Å². The second-order valence-corrected chi connectivity index (χ2v) is 4.31. The van der Waals surface area contributed by atoms with Crippen molar-refractivity contribution in [1.29, 1.82) is 0 Å². The number of methoxy groups -OCH3 is 1. The number of nitrogens with one attached hydrogen (secondary N) is 1. The van der Waals surface area contributed by atoms with Crippen molar-refractivity contribution in [2.24, 2.45) is 0 Å². The number of aliphatic hydroxyl groups is 1. The van der Waals surface area contributed by atoms with Gasteiger partial charge in [0.1, 0.15) is 5.75 Å². The standard InChI is InChI=1S/C13H18ClNO3/c1-3-15-13(17)7-5-11(16)9-4-6-12(18-2)10(14)8-9/h4,6,8,11,16H,3,5,7H2,1-2H3,(H,15,17). The Morgan fingerprint density at radius 1 is 1.56 bits per heavy atom. The van der Waals surface area contributed by atoms with Crippen molar-refractivity contribution < 1.29 is 14.6 Å². The molecule has 1 aromatic rings. The maximum atomic E-state index is 11.3. The van der Waals surface area contributed by atoms with Crippen LogP contribution in [0.25, 0.3) is 0 Å². The first kappa shape index (κ1) is 14.8. The van der Waals surface area contributed by atoms with E-state index in [1.54, 1.807) is 18.2 Å². The molecule has 1 unspecified atom stereocenters. The van der Waals surface area contributed by atoms with Crippen LogP contribution in [0.3, 0.4) is 0 Å². The van der Waals surface area contributed by atoms with Gasteiger partial charge in [-0.25, -0.2) is 0 Å². The summed E-state index contributed by atoms with van der Waals surface area (Å²) >= 11 is 5.97. The summed E-state index contributed by atoms with van der Waals surface area (Å²) in [5.41, 5.74) is 0.685. The zero-order chi connectivity index (χ0) is 13.5. The lowest BCUT2D eigenvalue weighted by Crippen LogP contribution is -2.22. The summed E-state index contributed by atoms with van der Waals surface area (Å²) in [6, 6.07) is 5.10.